The van der Waals surface area contributed by atoms with Crippen molar-refractivity contribution in [3.63, 3.8) is 0 Å². The molecule has 4 rings (SSSR count). The highest BCUT2D eigenvalue weighted by Crippen LogP contribution is 2.21. The quantitative estimate of drug-likeness (QED) is 0.727. The van der Waals surface area contributed by atoms with Gasteiger partial charge in [-0.05, 0) is 55.3 Å². The number of para-hydroxylation sites is 1. The Hall–Kier alpha value is -3.34. The normalized spacial score (nSPS) is 14.0. The van der Waals surface area contributed by atoms with Crippen molar-refractivity contribution >= 4 is 23.1 Å². The van der Waals surface area contributed by atoms with Crippen LogP contribution in [0.3, 0.4) is 0 Å². The Bertz CT molecular complexity index is 992. The zero-order valence-corrected chi connectivity index (χ0v) is 16.9. The van der Waals surface area contributed by atoms with Crippen LogP contribution < -0.4 is 15.1 Å². The molecule has 1 N–H and O–H groups in total. The number of aromatic nitrogens is 1. The summed E-state index contributed by atoms with van der Waals surface area (Å²) in [7, 11) is 0. The molecule has 0 unspecified atom stereocenters. The van der Waals surface area contributed by atoms with Crippen molar-refractivity contribution in [3.8, 4) is 0 Å². The van der Waals surface area contributed by atoms with Crippen molar-refractivity contribution in [2.75, 3.05) is 41.3 Å². The van der Waals surface area contributed by atoms with Crippen LogP contribution in [0.2, 0.25) is 0 Å². The molecular weight excluding hydrogens is 360 g/mol. The number of amides is 1. The first-order valence-electron chi connectivity index (χ1n) is 10.00. The minimum Gasteiger partial charge on any atom is -0.368 e. The summed E-state index contributed by atoms with van der Waals surface area (Å²) in [5.74, 6) is 0.781. The van der Waals surface area contributed by atoms with Crippen LogP contribution in [0.25, 0.3) is 0 Å². The second kappa shape index (κ2) is 8.35. The molecule has 1 fully saturated rings. The molecule has 0 atom stereocenters. The third-order valence-electron chi connectivity index (χ3n) is 5.37. The lowest BCUT2D eigenvalue weighted by Crippen LogP contribution is -2.46. The van der Waals surface area contributed by atoms with Crippen LogP contribution in [0.15, 0.2) is 66.9 Å². The minimum absolute atomic E-state index is 0.136. The Kier molecular flexibility index (Phi) is 5.47. The van der Waals surface area contributed by atoms with Crippen LogP contribution in [0.1, 0.15) is 21.5 Å². The highest BCUT2D eigenvalue weighted by atomic mass is 16.1. The van der Waals surface area contributed by atoms with Gasteiger partial charge in [0.1, 0.15) is 5.82 Å². The van der Waals surface area contributed by atoms with Crippen molar-refractivity contribution in [1.82, 2.24) is 4.98 Å². The van der Waals surface area contributed by atoms with E-state index >= 15 is 0 Å². The van der Waals surface area contributed by atoms with Gasteiger partial charge in [-0.25, -0.2) is 4.98 Å². The number of benzene rings is 2. The number of carbonyl (C=O) groups is 1. The largest absolute Gasteiger partial charge is 0.368 e. The second-order valence-electron chi connectivity index (χ2n) is 7.49. The van der Waals surface area contributed by atoms with E-state index in [4.69, 9.17) is 0 Å². The summed E-state index contributed by atoms with van der Waals surface area (Å²) in [6, 6.07) is 20.2. The van der Waals surface area contributed by atoms with Gasteiger partial charge in [-0.15, -0.1) is 0 Å². The summed E-state index contributed by atoms with van der Waals surface area (Å²) in [6.07, 6.45) is 1.66. The number of piperazine rings is 1. The Morgan fingerprint density at radius 1 is 0.897 bits per heavy atom. The van der Waals surface area contributed by atoms with Crippen LogP contribution in [0.5, 0.6) is 0 Å². The first kappa shape index (κ1) is 19.0. The fraction of sp³-hybridized carbons (Fsp3) is 0.250. The maximum atomic E-state index is 12.5. The molecule has 0 spiro atoms. The first-order valence-corrected chi connectivity index (χ1v) is 10.00. The van der Waals surface area contributed by atoms with E-state index in [0.29, 0.717) is 5.56 Å². The van der Waals surface area contributed by atoms with E-state index < -0.39 is 0 Å². The van der Waals surface area contributed by atoms with Gasteiger partial charge in [0.2, 0.25) is 0 Å². The van der Waals surface area contributed by atoms with E-state index in [1.165, 1.54) is 11.3 Å². The van der Waals surface area contributed by atoms with E-state index in [-0.39, 0.29) is 5.91 Å². The maximum absolute atomic E-state index is 12.5. The van der Waals surface area contributed by atoms with Crippen molar-refractivity contribution < 1.29 is 4.79 Å². The number of hydrogen-bond acceptors (Lipinski definition) is 4. The van der Waals surface area contributed by atoms with E-state index in [0.717, 1.165) is 43.2 Å². The zero-order valence-electron chi connectivity index (χ0n) is 16.9. The highest BCUT2D eigenvalue weighted by Gasteiger charge is 2.19. The molecule has 5 nitrogen and oxygen atoms in total. The molecule has 1 aromatic heterocycles. The zero-order chi connectivity index (χ0) is 20.2. The van der Waals surface area contributed by atoms with Gasteiger partial charge in [0.25, 0.3) is 5.91 Å². The van der Waals surface area contributed by atoms with Crippen LogP contribution in [-0.2, 0) is 0 Å². The number of nitrogens with zero attached hydrogens (tertiary/aromatic N) is 3. The Morgan fingerprint density at radius 3 is 2.34 bits per heavy atom. The number of nitrogens with one attached hydrogen (secondary N) is 1. The Balaban J connectivity index is 1.37. The van der Waals surface area contributed by atoms with Gasteiger partial charge in [0.15, 0.2) is 0 Å². The van der Waals surface area contributed by atoms with Gasteiger partial charge < -0.3 is 15.1 Å². The summed E-state index contributed by atoms with van der Waals surface area (Å²) in [5, 5.41) is 2.95. The molecule has 0 bridgehead atoms. The lowest BCUT2D eigenvalue weighted by Gasteiger charge is -2.36. The maximum Gasteiger partial charge on any atom is 0.257 e. The lowest BCUT2D eigenvalue weighted by atomic mass is 10.2. The summed E-state index contributed by atoms with van der Waals surface area (Å²) in [5.41, 5.74) is 4.99. The molecule has 1 aliphatic heterocycles. The Morgan fingerprint density at radius 2 is 1.66 bits per heavy atom. The second-order valence-corrected chi connectivity index (χ2v) is 7.49. The summed E-state index contributed by atoms with van der Waals surface area (Å²) < 4.78 is 0. The van der Waals surface area contributed by atoms with E-state index in [1.807, 2.05) is 43.3 Å². The average Bonchev–Trinajstić information content (AvgIpc) is 2.75. The fourth-order valence-corrected chi connectivity index (χ4v) is 3.63. The third-order valence-corrected chi connectivity index (χ3v) is 5.37. The monoisotopic (exact) mass is 386 g/mol. The molecule has 2 aromatic carbocycles. The third kappa shape index (κ3) is 4.40. The molecule has 0 radical (unpaired) electrons. The number of carbonyl (C=O) groups excluding carboxylic acids is 1. The molecule has 5 heteroatoms. The van der Waals surface area contributed by atoms with Gasteiger partial charge in [-0.2, -0.15) is 0 Å². The predicted molar refractivity (Wildman–Crippen MR) is 119 cm³/mol. The highest BCUT2D eigenvalue weighted by molar-refractivity contribution is 6.04. The van der Waals surface area contributed by atoms with Gasteiger partial charge >= 0.3 is 0 Å². The van der Waals surface area contributed by atoms with Crippen molar-refractivity contribution in [1.29, 1.82) is 0 Å². The SMILES string of the molecule is Cc1cccc(N2CCN(c3ccc(C(=O)Nc4ccccc4C)cn3)CC2)c1. The number of anilines is 3. The topological polar surface area (TPSA) is 48.5 Å². The van der Waals surface area contributed by atoms with Crippen LogP contribution >= 0.6 is 0 Å². The van der Waals surface area contributed by atoms with Crippen LogP contribution in [0.4, 0.5) is 17.2 Å². The van der Waals surface area contributed by atoms with Crippen molar-refractivity contribution in [2.24, 2.45) is 0 Å². The average molecular weight is 386 g/mol. The molecule has 0 aliphatic carbocycles. The van der Waals surface area contributed by atoms with Crippen LogP contribution in [0, 0.1) is 13.8 Å². The standard InChI is InChI=1S/C24H26N4O/c1-18-6-5-8-21(16-18)27-12-14-28(15-13-27)23-11-10-20(17-25-23)24(29)26-22-9-4-3-7-19(22)2/h3-11,16-17H,12-15H2,1-2H3,(H,26,29). The molecule has 0 saturated carbocycles. The molecule has 2 heterocycles. The summed E-state index contributed by atoms with van der Waals surface area (Å²) in [4.78, 5) is 21.7. The first-order chi connectivity index (χ1) is 14.1. The van der Waals surface area contributed by atoms with Gasteiger partial charge in [0.05, 0.1) is 5.56 Å². The van der Waals surface area contributed by atoms with Gasteiger partial charge in [-0.1, -0.05) is 30.3 Å². The molecule has 29 heavy (non-hydrogen) atoms. The molecule has 1 aliphatic rings. The molecule has 1 saturated heterocycles. The lowest BCUT2D eigenvalue weighted by molar-refractivity contribution is 0.102. The molecule has 148 valence electrons. The summed E-state index contributed by atoms with van der Waals surface area (Å²) >= 11 is 0. The minimum atomic E-state index is -0.136. The van der Waals surface area contributed by atoms with Gasteiger partial charge in [0, 0.05) is 43.8 Å². The van der Waals surface area contributed by atoms with E-state index in [9.17, 15) is 4.79 Å². The Labute approximate surface area is 172 Å². The van der Waals surface area contributed by atoms with E-state index in [1.54, 1.807) is 6.20 Å². The number of hydrogen-bond donors (Lipinski definition) is 1. The predicted octanol–water partition coefficient (Wildman–Crippen LogP) is 4.28. The molecule has 3 aromatic rings. The summed E-state index contributed by atoms with van der Waals surface area (Å²) in [6.45, 7) is 7.85. The van der Waals surface area contributed by atoms with Crippen LogP contribution in [-0.4, -0.2) is 37.1 Å². The van der Waals surface area contributed by atoms with Gasteiger partial charge in [-0.3, -0.25) is 4.79 Å². The molecular formula is C24H26N4O. The smallest absolute Gasteiger partial charge is 0.257 e. The van der Waals surface area contributed by atoms with Crippen molar-refractivity contribution in [2.45, 2.75) is 13.8 Å². The fourth-order valence-electron chi connectivity index (χ4n) is 3.63. The van der Waals surface area contributed by atoms with E-state index in [2.05, 4.69) is 51.3 Å². The number of aryl methyl sites for hydroxylation is 2. The number of pyridine rings is 1. The van der Waals surface area contributed by atoms with Crippen molar-refractivity contribution in [3.05, 3.63) is 83.6 Å². The molecule has 1 amide bonds. The number of rotatable bonds is 4.